The highest BCUT2D eigenvalue weighted by Crippen LogP contribution is 2.62. The number of carbonyl (C=O) groups is 1. The average molecular weight is 284 g/mol. The van der Waals surface area contributed by atoms with Crippen molar-refractivity contribution in [3.8, 4) is 0 Å². The molecule has 1 heterocycles. The minimum absolute atomic E-state index is 0.00606. The molecule has 0 unspecified atom stereocenters. The molecule has 2 bridgehead atoms. The molecule has 0 amide bonds. The maximum atomic E-state index is 12.2. The first-order chi connectivity index (χ1) is 9.46. The molecule has 20 heavy (non-hydrogen) atoms. The largest absolute Gasteiger partial charge is 0.459 e. The standard InChI is InChI=1S/C15H24O5/c1-7(5-16)10-11-9-4-3-8(6-17)15(9,2)13(18)12(10)20-14(11)19/h7-13,16-18H,3-6H2,1-2H3/t7-,8-,9-,10-,11+,12+,13+,15-/m0/s1. The van der Waals surface area contributed by atoms with E-state index in [0.717, 1.165) is 12.8 Å². The number of hydrogen-bond acceptors (Lipinski definition) is 5. The zero-order chi connectivity index (χ0) is 14.7. The van der Waals surface area contributed by atoms with Crippen molar-refractivity contribution >= 4 is 5.97 Å². The average Bonchev–Trinajstić information content (AvgIpc) is 2.92. The Hall–Kier alpha value is -0.650. The Balaban J connectivity index is 2.02. The molecule has 0 aromatic heterocycles. The molecule has 0 radical (unpaired) electrons. The summed E-state index contributed by atoms with van der Waals surface area (Å²) in [5, 5.41) is 29.8. The van der Waals surface area contributed by atoms with Crippen molar-refractivity contribution in [3.05, 3.63) is 0 Å². The Labute approximate surface area is 118 Å². The highest BCUT2D eigenvalue weighted by Gasteiger charge is 2.68. The fourth-order valence-electron chi connectivity index (χ4n) is 5.13. The van der Waals surface area contributed by atoms with Crippen LogP contribution in [-0.2, 0) is 9.53 Å². The van der Waals surface area contributed by atoms with Gasteiger partial charge in [0.2, 0.25) is 0 Å². The molecule has 8 atom stereocenters. The van der Waals surface area contributed by atoms with E-state index in [0.29, 0.717) is 0 Å². The van der Waals surface area contributed by atoms with Gasteiger partial charge in [0.1, 0.15) is 6.10 Å². The second-order valence-electron chi connectivity index (χ2n) is 7.04. The van der Waals surface area contributed by atoms with Crippen LogP contribution in [0, 0.1) is 35.0 Å². The van der Waals surface area contributed by atoms with Gasteiger partial charge in [0.25, 0.3) is 0 Å². The van der Waals surface area contributed by atoms with Crippen LogP contribution in [0.1, 0.15) is 26.7 Å². The summed E-state index contributed by atoms with van der Waals surface area (Å²) in [4.78, 5) is 12.2. The number of aliphatic hydroxyl groups is 3. The van der Waals surface area contributed by atoms with E-state index in [2.05, 4.69) is 0 Å². The van der Waals surface area contributed by atoms with Gasteiger partial charge in [0.15, 0.2) is 0 Å². The first-order valence-corrected chi connectivity index (χ1v) is 7.57. The van der Waals surface area contributed by atoms with Crippen molar-refractivity contribution in [2.24, 2.45) is 35.0 Å². The number of hydrogen-bond donors (Lipinski definition) is 3. The molecule has 0 aromatic carbocycles. The van der Waals surface area contributed by atoms with Crippen molar-refractivity contribution in [1.29, 1.82) is 0 Å². The summed E-state index contributed by atoms with van der Waals surface area (Å²) < 4.78 is 5.45. The van der Waals surface area contributed by atoms with Crippen LogP contribution in [0.15, 0.2) is 0 Å². The van der Waals surface area contributed by atoms with E-state index in [4.69, 9.17) is 4.74 Å². The third kappa shape index (κ3) is 1.57. The molecule has 3 N–H and O–H groups in total. The molecule has 5 heteroatoms. The van der Waals surface area contributed by atoms with Gasteiger partial charge in [0.05, 0.1) is 12.0 Å². The lowest BCUT2D eigenvalue weighted by Gasteiger charge is -2.49. The Morgan fingerprint density at radius 2 is 2.10 bits per heavy atom. The molecule has 2 saturated carbocycles. The molecule has 0 aromatic rings. The fraction of sp³-hybridized carbons (Fsp3) is 0.933. The summed E-state index contributed by atoms with van der Waals surface area (Å²) >= 11 is 0. The molecule has 3 fully saturated rings. The summed E-state index contributed by atoms with van der Waals surface area (Å²) in [6.45, 7) is 3.92. The van der Waals surface area contributed by atoms with E-state index in [1.165, 1.54) is 0 Å². The van der Waals surface area contributed by atoms with E-state index in [-0.39, 0.29) is 48.8 Å². The number of rotatable bonds is 3. The van der Waals surface area contributed by atoms with Gasteiger partial charge in [-0.15, -0.1) is 0 Å². The fourth-order valence-corrected chi connectivity index (χ4v) is 5.13. The number of esters is 1. The lowest BCUT2D eigenvalue weighted by Crippen LogP contribution is -2.57. The Kier molecular flexibility index (Phi) is 3.35. The molecular weight excluding hydrogens is 260 g/mol. The molecule has 0 spiro atoms. The molecule has 1 saturated heterocycles. The zero-order valence-corrected chi connectivity index (χ0v) is 12.0. The molecule has 3 aliphatic rings. The van der Waals surface area contributed by atoms with E-state index in [1.54, 1.807) is 0 Å². The second-order valence-corrected chi connectivity index (χ2v) is 7.04. The van der Waals surface area contributed by atoms with E-state index in [1.807, 2.05) is 13.8 Å². The molecule has 1 aliphatic heterocycles. The third-order valence-electron chi connectivity index (χ3n) is 6.37. The van der Waals surface area contributed by atoms with Crippen molar-refractivity contribution in [2.75, 3.05) is 13.2 Å². The first-order valence-electron chi connectivity index (χ1n) is 7.57. The predicted octanol–water partition coefficient (Wildman–Crippen LogP) is 0.172. The summed E-state index contributed by atoms with van der Waals surface area (Å²) in [5.74, 6) is -0.590. The zero-order valence-electron chi connectivity index (χ0n) is 12.0. The highest BCUT2D eigenvalue weighted by molar-refractivity contribution is 5.77. The van der Waals surface area contributed by atoms with Gasteiger partial charge >= 0.3 is 5.97 Å². The minimum atomic E-state index is -0.756. The van der Waals surface area contributed by atoms with Crippen LogP contribution < -0.4 is 0 Å². The lowest BCUT2D eigenvalue weighted by atomic mass is 9.55. The summed E-state index contributed by atoms with van der Waals surface area (Å²) in [6, 6.07) is 0. The Morgan fingerprint density at radius 1 is 1.40 bits per heavy atom. The molecule has 3 rings (SSSR count). The topological polar surface area (TPSA) is 87.0 Å². The quantitative estimate of drug-likeness (QED) is 0.643. The smallest absolute Gasteiger partial charge is 0.310 e. The maximum Gasteiger partial charge on any atom is 0.310 e. The van der Waals surface area contributed by atoms with Gasteiger partial charge in [-0.1, -0.05) is 13.8 Å². The van der Waals surface area contributed by atoms with Gasteiger partial charge in [-0.05, 0) is 30.6 Å². The van der Waals surface area contributed by atoms with Gasteiger partial charge in [-0.2, -0.15) is 0 Å². The number of ether oxygens (including phenoxy) is 1. The Morgan fingerprint density at radius 3 is 2.70 bits per heavy atom. The Bertz CT molecular complexity index is 411. The van der Waals surface area contributed by atoms with Crippen LogP contribution in [0.3, 0.4) is 0 Å². The molecule has 5 nitrogen and oxygen atoms in total. The molecule has 114 valence electrons. The lowest BCUT2D eigenvalue weighted by molar-refractivity contribution is -0.153. The van der Waals surface area contributed by atoms with Gasteiger partial charge < -0.3 is 20.1 Å². The van der Waals surface area contributed by atoms with Gasteiger partial charge in [-0.3, -0.25) is 4.79 Å². The first kappa shape index (κ1) is 14.3. The summed E-state index contributed by atoms with van der Waals surface area (Å²) in [5.41, 5.74) is -0.456. The maximum absolute atomic E-state index is 12.2. The van der Waals surface area contributed by atoms with Crippen LogP contribution in [0.5, 0.6) is 0 Å². The minimum Gasteiger partial charge on any atom is -0.459 e. The third-order valence-corrected chi connectivity index (χ3v) is 6.37. The van der Waals surface area contributed by atoms with Crippen molar-refractivity contribution < 1.29 is 24.9 Å². The SMILES string of the molecule is C[C@@H](CO)[C@@H]1[C@H]2OC(=O)[C@@H]1[C@@H]1CC[C@@H](CO)[C@]1(C)[C@@H]2O. The number of fused-ring (bicyclic) bond motifs is 4. The summed E-state index contributed by atoms with van der Waals surface area (Å²) in [6.07, 6.45) is 0.377. The van der Waals surface area contributed by atoms with Crippen LogP contribution in [0.2, 0.25) is 0 Å². The van der Waals surface area contributed by atoms with Gasteiger partial charge in [0, 0.05) is 24.5 Å². The second kappa shape index (κ2) is 4.68. The van der Waals surface area contributed by atoms with Crippen LogP contribution in [0.25, 0.3) is 0 Å². The van der Waals surface area contributed by atoms with Crippen LogP contribution in [-0.4, -0.2) is 46.7 Å². The van der Waals surface area contributed by atoms with Crippen molar-refractivity contribution in [2.45, 2.75) is 38.9 Å². The van der Waals surface area contributed by atoms with Crippen molar-refractivity contribution in [3.63, 3.8) is 0 Å². The van der Waals surface area contributed by atoms with E-state index >= 15 is 0 Å². The molecule has 2 aliphatic carbocycles. The van der Waals surface area contributed by atoms with Gasteiger partial charge in [-0.25, -0.2) is 0 Å². The normalized spacial score (nSPS) is 51.8. The monoisotopic (exact) mass is 284 g/mol. The van der Waals surface area contributed by atoms with Crippen molar-refractivity contribution in [1.82, 2.24) is 0 Å². The van der Waals surface area contributed by atoms with E-state index in [9.17, 15) is 20.1 Å². The predicted molar refractivity (Wildman–Crippen MR) is 70.5 cm³/mol. The molecular formula is C15H24O5. The van der Waals surface area contributed by atoms with E-state index < -0.39 is 17.6 Å². The highest BCUT2D eigenvalue weighted by atomic mass is 16.6. The number of aliphatic hydroxyl groups excluding tert-OH is 3. The van der Waals surface area contributed by atoms with Crippen LogP contribution in [0.4, 0.5) is 0 Å². The van der Waals surface area contributed by atoms with Crippen LogP contribution >= 0.6 is 0 Å². The summed E-state index contributed by atoms with van der Waals surface area (Å²) in [7, 11) is 0. The number of carbonyl (C=O) groups excluding carboxylic acids is 1.